The second-order valence-electron chi connectivity index (χ2n) is 4.57. The van der Waals surface area contributed by atoms with Crippen LogP contribution in [0.3, 0.4) is 0 Å². The first-order valence-electron chi connectivity index (χ1n) is 6.69. The molecular formula is C15H14FN3O3. The number of anilines is 2. The van der Waals surface area contributed by atoms with Gasteiger partial charge >= 0.3 is 6.03 Å². The molecule has 22 heavy (non-hydrogen) atoms. The van der Waals surface area contributed by atoms with E-state index in [9.17, 15) is 9.18 Å². The number of fused-ring (bicyclic) bond motifs is 1. The van der Waals surface area contributed by atoms with Crippen molar-refractivity contribution in [3.05, 3.63) is 48.3 Å². The number of hydrogen-bond donors (Lipinski definition) is 3. The average Bonchev–Trinajstić information content (AvgIpc) is 2.54. The van der Waals surface area contributed by atoms with Crippen LogP contribution in [0, 0.1) is 5.82 Å². The molecule has 0 aliphatic carbocycles. The number of benzene rings is 2. The molecule has 0 bridgehead atoms. The van der Waals surface area contributed by atoms with Crippen molar-refractivity contribution in [3.63, 3.8) is 0 Å². The highest BCUT2D eigenvalue weighted by Gasteiger charge is 2.12. The van der Waals surface area contributed by atoms with Crippen molar-refractivity contribution in [2.24, 2.45) is 0 Å². The lowest BCUT2D eigenvalue weighted by atomic mass is 10.2. The summed E-state index contributed by atoms with van der Waals surface area (Å²) in [7, 11) is 0. The molecule has 114 valence electrons. The number of rotatable bonds is 3. The fourth-order valence-electron chi connectivity index (χ4n) is 1.95. The summed E-state index contributed by atoms with van der Waals surface area (Å²) in [6.45, 7) is 0.997. The van der Waals surface area contributed by atoms with E-state index in [0.29, 0.717) is 36.1 Å². The highest BCUT2D eigenvalue weighted by Crippen LogP contribution is 2.32. The normalized spacial score (nSPS) is 12.4. The summed E-state index contributed by atoms with van der Waals surface area (Å²) in [5.74, 6) is 0.906. The van der Waals surface area contributed by atoms with Crippen LogP contribution in [0.4, 0.5) is 20.6 Å². The summed E-state index contributed by atoms with van der Waals surface area (Å²) in [5, 5.41) is 2.65. The maximum atomic E-state index is 12.8. The highest BCUT2D eigenvalue weighted by molar-refractivity contribution is 5.90. The molecule has 6 nitrogen and oxygen atoms in total. The predicted octanol–water partition coefficient (Wildman–Crippen LogP) is 2.75. The van der Waals surface area contributed by atoms with E-state index in [2.05, 4.69) is 16.2 Å². The molecule has 1 aliphatic heterocycles. The van der Waals surface area contributed by atoms with Gasteiger partial charge in [-0.2, -0.15) is 0 Å². The first-order chi connectivity index (χ1) is 10.7. The van der Waals surface area contributed by atoms with E-state index in [1.807, 2.05) is 0 Å². The quantitative estimate of drug-likeness (QED) is 0.762. The minimum absolute atomic E-state index is 0.341. The first kappa shape index (κ1) is 14.0. The lowest BCUT2D eigenvalue weighted by molar-refractivity contribution is 0.171. The largest absolute Gasteiger partial charge is 0.486 e. The molecule has 0 spiro atoms. The molecule has 1 heterocycles. The summed E-state index contributed by atoms with van der Waals surface area (Å²) in [6, 6.07) is 10.3. The van der Waals surface area contributed by atoms with Gasteiger partial charge in [-0.15, -0.1) is 0 Å². The topological polar surface area (TPSA) is 71.6 Å². The van der Waals surface area contributed by atoms with E-state index >= 15 is 0 Å². The van der Waals surface area contributed by atoms with Crippen LogP contribution in [0.25, 0.3) is 0 Å². The third kappa shape index (κ3) is 3.38. The summed E-state index contributed by atoms with van der Waals surface area (Å²) in [4.78, 5) is 11.8. The van der Waals surface area contributed by atoms with Crippen LogP contribution in [0.15, 0.2) is 42.5 Å². The number of urea groups is 1. The monoisotopic (exact) mass is 303 g/mol. The zero-order valence-corrected chi connectivity index (χ0v) is 11.6. The molecule has 2 amide bonds. The summed E-state index contributed by atoms with van der Waals surface area (Å²) < 4.78 is 23.6. The summed E-state index contributed by atoms with van der Waals surface area (Å²) in [6.07, 6.45) is 0. The third-order valence-electron chi connectivity index (χ3n) is 2.96. The first-order valence-corrected chi connectivity index (χ1v) is 6.69. The van der Waals surface area contributed by atoms with Crippen molar-refractivity contribution in [3.8, 4) is 11.5 Å². The van der Waals surface area contributed by atoms with E-state index in [1.165, 1.54) is 24.3 Å². The molecular weight excluding hydrogens is 289 g/mol. The molecule has 3 N–H and O–H groups in total. The number of hydrogen-bond acceptors (Lipinski definition) is 4. The maximum absolute atomic E-state index is 12.8. The van der Waals surface area contributed by atoms with Crippen molar-refractivity contribution in [1.82, 2.24) is 5.43 Å². The van der Waals surface area contributed by atoms with Gasteiger partial charge in [-0.05, 0) is 36.4 Å². The minimum Gasteiger partial charge on any atom is -0.486 e. The lowest BCUT2D eigenvalue weighted by Crippen LogP contribution is -2.33. The van der Waals surface area contributed by atoms with Gasteiger partial charge in [0, 0.05) is 11.8 Å². The Hall–Kier alpha value is -2.96. The lowest BCUT2D eigenvalue weighted by Gasteiger charge is -2.19. The van der Waals surface area contributed by atoms with Crippen molar-refractivity contribution in [2.75, 3.05) is 24.0 Å². The van der Waals surface area contributed by atoms with Gasteiger partial charge in [0.15, 0.2) is 11.5 Å². The van der Waals surface area contributed by atoms with Gasteiger partial charge < -0.3 is 14.8 Å². The summed E-state index contributed by atoms with van der Waals surface area (Å²) in [5.41, 5.74) is 6.26. The molecule has 7 heteroatoms. The Balaban J connectivity index is 1.56. The van der Waals surface area contributed by atoms with Crippen molar-refractivity contribution >= 4 is 17.4 Å². The van der Waals surface area contributed by atoms with E-state index in [-0.39, 0.29) is 5.82 Å². The van der Waals surface area contributed by atoms with E-state index in [1.54, 1.807) is 18.2 Å². The molecule has 0 fully saturated rings. The smallest absolute Gasteiger partial charge is 0.337 e. The molecule has 2 aromatic rings. The summed E-state index contributed by atoms with van der Waals surface area (Å²) >= 11 is 0. The number of carbonyl (C=O) groups excluding carboxylic acids is 1. The third-order valence-corrected chi connectivity index (χ3v) is 2.96. The highest BCUT2D eigenvalue weighted by atomic mass is 19.1. The molecule has 0 saturated heterocycles. The van der Waals surface area contributed by atoms with Gasteiger partial charge in [0.2, 0.25) is 0 Å². The Morgan fingerprint density at radius 2 is 1.64 bits per heavy atom. The van der Waals surface area contributed by atoms with Crippen LogP contribution < -0.4 is 25.6 Å². The van der Waals surface area contributed by atoms with Crippen molar-refractivity contribution < 1.29 is 18.7 Å². The second-order valence-corrected chi connectivity index (χ2v) is 4.57. The molecule has 3 rings (SSSR count). The minimum atomic E-state index is -0.457. The van der Waals surface area contributed by atoms with Gasteiger partial charge in [-0.25, -0.2) is 9.18 Å². The SMILES string of the molecule is O=C(NNc1ccc(F)cc1)Nc1ccc2c(c1)OCCO2. The Labute approximate surface area is 126 Å². The van der Waals surface area contributed by atoms with Crippen LogP contribution in [-0.4, -0.2) is 19.2 Å². The van der Waals surface area contributed by atoms with Crippen LogP contribution in [0.1, 0.15) is 0 Å². The van der Waals surface area contributed by atoms with E-state index in [4.69, 9.17) is 9.47 Å². The Morgan fingerprint density at radius 3 is 2.41 bits per heavy atom. The molecule has 1 aliphatic rings. The van der Waals surface area contributed by atoms with Crippen LogP contribution in [-0.2, 0) is 0 Å². The zero-order valence-electron chi connectivity index (χ0n) is 11.6. The van der Waals surface area contributed by atoms with E-state index in [0.717, 1.165) is 0 Å². The van der Waals surface area contributed by atoms with Crippen LogP contribution in [0.5, 0.6) is 11.5 Å². The van der Waals surface area contributed by atoms with Crippen molar-refractivity contribution in [2.45, 2.75) is 0 Å². The number of nitrogens with one attached hydrogen (secondary N) is 3. The maximum Gasteiger partial charge on any atom is 0.337 e. The molecule has 0 atom stereocenters. The number of carbonyl (C=O) groups is 1. The number of hydrazine groups is 1. The van der Waals surface area contributed by atoms with Crippen molar-refractivity contribution in [1.29, 1.82) is 0 Å². The predicted molar refractivity (Wildman–Crippen MR) is 79.6 cm³/mol. The Morgan fingerprint density at radius 1 is 0.955 bits per heavy atom. The molecule has 0 saturated carbocycles. The van der Waals surface area contributed by atoms with Crippen LogP contribution >= 0.6 is 0 Å². The zero-order chi connectivity index (χ0) is 15.4. The number of halogens is 1. The average molecular weight is 303 g/mol. The molecule has 0 radical (unpaired) electrons. The fraction of sp³-hybridized carbons (Fsp3) is 0.133. The Bertz CT molecular complexity index is 676. The number of amides is 2. The Kier molecular flexibility index (Phi) is 3.95. The fourth-order valence-corrected chi connectivity index (χ4v) is 1.95. The molecule has 0 aromatic heterocycles. The standard InChI is InChI=1S/C15H14FN3O3/c16-10-1-3-11(4-2-10)18-19-15(20)17-12-5-6-13-14(9-12)22-8-7-21-13/h1-6,9,18H,7-8H2,(H2,17,19,20). The number of ether oxygens (including phenoxy) is 2. The second kappa shape index (κ2) is 6.21. The van der Waals surface area contributed by atoms with Gasteiger partial charge in [-0.3, -0.25) is 10.9 Å². The molecule has 0 unspecified atom stereocenters. The van der Waals surface area contributed by atoms with Gasteiger partial charge in [-0.1, -0.05) is 0 Å². The van der Waals surface area contributed by atoms with Gasteiger partial charge in [0.1, 0.15) is 19.0 Å². The van der Waals surface area contributed by atoms with E-state index < -0.39 is 6.03 Å². The van der Waals surface area contributed by atoms with Crippen LogP contribution in [0.2, 0.25) is 0 Å². The van der Waals surface area contributed by atoms with Gasteiger partial charge in [0.25, 0.3) is 0 Å². The molecule has 2 aromatic carbocycles. The van der Waals surface area contributed by atoms with Gasteiger partial charge in [0.05, 0.1) is 5.69 Å².